The second-order valence-electron chi connectivity index (χ2n) is 4.70. The monoisotopic (exact) mass is 252 g/mol. The van der Waals surface area contributed by atoms with Crippen molar-refractivity contribution >= 4 is 23.4 Å². The maximum absolute atomic E-state index is 5.85. The SMILES string of the molecule is CSCC(C)N(C)c1cc(N)nc(C2CC2)n1. The molecule has 1 unspecified atom stereocenters. The highest BCUT2D eigenvalue weighted by Crippen LogP contribution is 2.38. The molecule has 1 aromatic heterocycles. The lowest BCUT2D eigenvalue weighted by Gasteiger charge is -2.25. The van der Waals surface area contributed by atoms with E-state index < -0.39 is 0 Å². The second-order valence-corrected chi connectivity index (χ2v) is 5.61. The van der Waals surface area contributed by atoms with Gasteiger partial charge < -0.3 is 10.6 Å². The van der Waals surface area contributed by atoms with Gasteiger partial charge in [-0.05, 0) is 26.0 Å². The summed E-state index contributed by atoms with van der Waals surface area (Å²) >= 11 is 1.84. The Balaban J connectivity index is 2.18. The maximum atomic E-state index is 5.85. The van der Waals surface area contributed by atoms with E-state index in [1.807, 2.05) is 17.8 Å². The van der Waals surface area contributed by atoms with E-state index in [0.29, 0.717) is 17.8 Å². The van der Waals surface area contributed by atoms with Crippen LogP contribution in [0.4, 0.5) is 11.6 Å². The van der Waals surface area contributed by atoms with Crippen LogP contribution < -0.4 is 10.6 Å². The summed E-state index contributed by atoms with van der Waals surface area (Å²) in [6.07, 6.45) is 4.52. The molecule has 1 saturated carbocycles. The van der Waals surface area contributed by atoms with Crippen LogP contribution >= 0.6 is 11.8 Å². The highest BCUT2D eigenvalue weighted by Gasteiger charge is 2.27. The molecule has 0 bridgehead atoms. The van der Waals surface area contributed by atoms with Crippen molar-refractivity contribution in [3.8, 4) is 0 Å². The highest BCUT2D eigenvalue weighted by atomic mass is 32.2. The van der Waals surface area contributed by atoms with Crippen LogP contribution in [0.25, 0.3) is 0 Å². The fourth-order valence-corrected chi connectivity index (χ4v) is 2.46. The largest absolute Gasteiger partial charge is 0.384 e. The molecule has 1 heterocycles. The summed E-state index contributed by atoms with van der Waals surface area (Å²) in [5.41, 5.74) is 5.85. The van der Waals surface area contributed by atoms with Crippen molar-refractivity contribution in [1.82, 2.24) is 9.97 Å². The summed E-state index contributed by atoms with van der Waals surface area (Å²) < 4.78 is 0. The molecule has 2 rings (SSSR count). The van der Waals surface area contributed by atoms with E-state index in [1.165, 1.54) is 12.8 Å². The Hall–Kier alpha value is -0.970. The van der Waals surface area contributed by atoms with Gasteiger partial charge >= 0.3 is 0 Å². The van der Waals surface area contributed by atoms with Gasteiger partial charge in [0.1, 0.15) is 17.5 Å². The molecular formula is C12H20N4S. The van der Waals surface area contributed by atoms with Crippen LogP contribution in [-0.2, 0) is 0 Å². The lowest BCUT2D eigenvalue weighted by molar-refractivity contribution is 0.745. The van der Waals surface area contributed by atoms with Crippen LogP contribution in [-0.4, -0.2) is 35.1 Å². The Morgan fingerprint density at radius 2 is 2.24 bits per heavy atom. The molecule has 0 saturated heterocycles. The molecule has 1 atom stereocenters. The van der Waals surface area contributed by atoms with Crippen molar-refractivity contribution in [3.63, 3.8) is 0 Å². The molecule has 0 spiro atoms. The number of anilines is 2. The van der Waals surface area contributed by atoms with Crippen molar-refractivity contribution in [2.24, 2.45) is 0 Å². The first kappa shape index (κ1) is 12.5. The van der Waals surface area contributed by atoms with E-state index in [2.05, 4.69) is 35.1 Å². The Labute approximate surface area is 107 Å². The Bertz CT molecular complexity index is 392. The molecular weight excluding hydrogens is 232 g/mol. The summed E-state index contributed by atoms with van der Waals surface area (Å²) in [7, 11) is 2.07. The Kier molecular flexibility index (Phi) is 3.76. The van der Waals surface area contributed by atoms with E-state index >= 15 is 0 Å². The molecule has 1 aliphatic carbocycles. The highest BCUT2D eigenvalue weighted by molar-refractivity contribution is 7.98. The number of hydrogen-bond acceptors (Lipinski definition) is 5. The molecule has 2 N–H and O–H groups in total. The average molecular weight is 252 g/mol. The summed E-state index contributed by atoms with van der Waals surface area (Å²) in [6, 6.07) is 2.31. The minimum atomic E-state index is 0.450. The number of nitrogen functional groups attached to an aromatic ring is 1. The minimum Gasteiger partial charge on any atom is -0.384 e. The predicted octanol–water partition coefficient (Wildman–Crippen LogP) is 2.12. The number of nitrogens with zero attached hydrogens (tertiary/aromatic N) is 3. The van der Waals surface area contributed by atoms with Gasteiger partial charge in [0.25, 0.3) is 0 Å². The van der Waals surface area contributed by atoms with Crippen LogP contribution in [0.5, 0.6) is 0 Å². The minimum absolute atomic E-state index is 0.450. The molecule has 1 fully saturated rings. The van der Waals surface area contributed by atoms with Gasteiger partial charge in [0.05, 0.1) is 0 Å². The lowest BCUT2D eigenvalue weighted by atomic mass is 10.3. The first-order chi connectivity index (χ1) is 8.11. The third-order valence-electron chi connectivity index (χ3n) is 3.12. The van der Waals surface area contributed by atoms with Crippen molar-refractivity contribution < 1.29 is 0 Å². The van der Waals surface area contributed by atoms with Crippen LogP contribution in [0.2, 0.25) is 0 Å². The van der Waals surface area contributed by atoms with Gasteiger partial charge in [-0.25, -0.2) is 9.97 Å². The number of hydrogen-bond donors (Lipinski definition) is 1. The summed E-state index contributed by atoms with van der Waals surface area (Å²) in [5.74, 6) is 4.07. The molecule has 0 radical (unpaired) electrons. The van der Waals surface area contributed by atoms with Crippen molar-refractivity contribution in [2.45, 2.75) is 31.7 Å². The van der Waals surface area contributed by atoms with Gasteiger partial charge in [-0.1, -0.05) is 0 Å². The summed E-state index contributed by atoms with van der Waals surface area (Å²) in [4.78, 5) is 11.1. The van der Waals surface area contributed by atoms with Gasteiger partial charge in [0.2, 0.25) is 0 Å². The fraction of sp³-hybridized carbons (Fsp3) is 0.667. The zero-order valence-electron chi connectivity index (χ0n) is 10.7. The average Bonchev–Trinajstić information content (AvgIpc) is 3.11. The quantitative estimate of drug-likeness (QED) is 0.870. The van der Waals surface area contributed by atoms with E-state index in [9.17, 15) is 0 Å². The molecule has 4 nitrogen and oxygen atoms in total. The Morgan fingerprint density at radius 1 is 1.53 bits per heavy atom. The lowest BCUT2D eigenvalue weighted by Crippen LogP contribution is -2.31. The van der Waals surface area contributed by atoms with Crippen LogP contribution in [0, 0.1) is 0 Å². The van der Waals surface area contributed by atoms with Crippen LogP contribution in [0.1, 0.15) is 31.5 Å². The zero-order chi connectivity index (χ0) is 12.4. The molecule has 94 valence electrons. The fourth-order valence-electron chi connectivity index (χ4n) is 1.76. The standard InChI is InChI=1S/C12H20N4S/c1-8(7-17-3)16(2)11-6-10(13)14-12(15-11)9-4-5-9/h6,8-9H,4-5,7H2,1-3H3,(H2,13,14,15). The number of rotatable bonds is 5. The number of aromatic nitrogens is 2. The zero-order valence-corrected chi connectivity index (χ0v) is 11.5. The molecule has 0 aromatic carbocycles. The second kappa shape index (κ2) is 5.12. The number of thioether (sulfide) groups is 1. The van der Waals surface area contributed by atoms with Gasteiger partial charge in [-0.2, -0.15) is 11.8 Å². The van der Waals surface area contributed by atoms with Crippen molar-refractivity contribution in [2.75, 3.05) is 29.7 Å². The first-order valence-corrected chi connectivity index (χ1v) is 7.37. The Morgan fingerprint density at radius 3 is 2.82 bits per heavy atom. The normalized spacial score (nSPS) is 16.9. The van der Waals surface area contributed by atoms with Crippen LogP contribution in [0.3, 0.4) is 0 Å². The molecule has 1 aliphatic rings. The van der Waals surface area contributed by atoms with Gasteiger partial charge in [0.15, 0.2) is 0 Å². The third kappa shape index (κ3) is 3.03. The smallest absolute Gasteiger partial charge is 0.136 e. The molecule has 17 heavy (non-hydrogen) atoms. The van der Waals surface area contributed by atoms with Gasteiger partial charge in [0, 0.05) is 30.8 Å². The van der Waals surface area contributed by atoms with E-state index in [1.54, 1.807) is 0 Å². The van der Waals surface area contributed by atoms with Crippen LogP contribution in [0.15, 0.2) is 6.07 Å². The van der Waals surface area contributed by atoms with Gasteiger partial charge in [-0.15, -0.1) is 0 Å². The first-order valence-electron chi connectivity index (χ1n) is 5.98. The number of nitrogens with two attached hydrogens (primary N) is 1. The molecule has 0 amide bonds. The van der Waals surface area contributed by atoms with Gasteiger partial charge in [-0.3, -0.25) is 0 Å². The topological polar surface area (TPSA) is 55.0 Å². The van der Waals surface area contributed by atoms with Crippen molar-refractivity contribution in [3.05, 3.63) is 11.9 Å². The van der Waals surface area contributed by atoms with E-state index in [4.69, 9.17) is 5.73 Å². The third-order valence-corrected chi connectivity index (χ3v) is 3.94. The van der Waals surface area contributed by atoms with Crippen molar-refractivity contribution in [1.29, 1.82) is 0 Å². The maximum Gasteiger partial charge on any atom is 0.136 e. The van der Waals surface area contributed by atoms with E-state index in [0.717, 1.165) is 17.4 Å². The molecule has 0 aliphatic heterocycles. The summed E-state index contributed by atoms with van der Waals surface area (Å²) in [6.45, 7) is 2.20. The molecule has 1 aromatic rings. The summed E-state index contributed by atoms with van der Waals surface area (Å²) in [5, 5.41) is 0. The van der Waals surface area contributed by atoms with E-state index in [-0.39, 0.29) is 0 Å². The predicted molar refractivity (Wildman–Crippen MR) is 74.7 cm³/mol. The molecule has 5 heteroatoms.